The van der Waals surface area contributed by atoms with Gasteiger partial charge < -0.3 is 20.8 Å². The molecule has 0 bridgehead atoms. The van der Waals surface area contributed by atoms with Gasteiger partial charge in [-0.2, -0.15) is 0 Å². The SMILES string of the molecule is [2H]N(C(=O)Cc1ccccc1)[C@H](C(=O)N[C@@H](CCC(=O)O)C(=O)O)C(C)C. The van der Waals surface area contributed by atoms with Crippen LogP contribution in [0.4, 0.5) is 0 Å². The molecule has 0 heterocycles. The second-order valence-corrected chi connectivity index (χ2v) is 6.21. The molecule has 0 aliphatic carbocycles. The maximum Gasteiger partial charge on any atom is 0.326 e. The topological polar surface area (TPSA) is 133 Å². The fourth-order valence-electron chi connectivity index (χ4n) is 2.26. The van der Waals surface area contributed by atoms with Gasteiger partial charge in [-0.15, -0.1) is 0 Å². The van der Waals surface area contributed by atoms with Crippen LogP contribution in [0.25, 0.3) is 0 Å². The third-order valence-corrected chi connectivity index (χ3v) is 3.64. The van der Waals surface area contributed by atoms with Crippen molar-refractivity contribution in [1.82, 2.24) is 10.6 Å². The van der Waals surface area contributed by atoms with Crippen LogP contribution in [0.3, 0.4) is 0 Å². The van der Waals surface area contributed by atoms with Gasteiger partial charge in [0.05, 0.1) is 6.42 Å². The largest absolute Gasteiger partial charge is 0.481 e. The van der Waals surface area contributed by atoms with Crippen LogP contribution < -0.4 is 10.6 Å². The lowest BCUT2D eigenvalue weighted by molar-refractivity contribution is -0.143. The Labute approximate surface area is 153 Å². The molecule has 0 fully saturated rings. The summed E-state index contributed by atoms with van der Waals surface area (Å²) in [5.74, 6) is -4.42. The molecule has 142 valence electrons. The van der Waals surface area contributed by atoms with Gasteiger partial charge in [0.25, 0.3) is 0 Å². The highest BCUT2D eigenvalue weighted by Gasteiger charge is 2.28. The summed E-state index contributed by atoms with van der Waals surface area (Å²) in [6.45, 7) is 3.27. The molecule has 4 N–H and O–H groups in total. The fourth-order valence-corrected chi connectivity index (χ4v) is 2.26. The normalized spacial score (nSPS) is 13.4. The van der Waals surface area contributed by atoms with Crippen LogP contribution in [0.15, 0.2) is 30.3 Å². The average molecular weight is 365 g/mol. The van der Waals surface area contributed by atoms with Crippen molar-refractivity contribution >= 4 is 23.8 Å². The predicted octanol–water partition coefficient (Wildman–Crippen LogP) is 0.804. The Morgan fingerprint density at radius 1 is 1.12 bits per heavy atom. The highest BCUT2D eigenvalue weighted by Crippen LogP contribution is 2.06. The van der Waals surface area contributed by atoms with E-state index in [1.807, 2.05) is 0 Å². The van der Waals surface area contributed by atoms with Gasteiger partial charge in [-0.05, 0) is 17.9 Å². The molecule has 0 spiro atoms. The summed E-state index contributed by atoms with van der Waals surface area (Å²) in [6, 6.07) is 6.14. The van der Waals surface area contributed by atoms with Gasteiger partial charge in [-0.1, -0.05) is 44.2 Å². The van der Waals surface area contributed by atoms with Crippen LogP contribution in [-0.4, -0.2) is 46.0 Å². The van der Waals surface area contributed by atoms with Crippen molar-refractivity contribution in [1.29, 1.82) is 0 Å². The smallest absolute Gasteiger partial charge is 0.326 e. The van der Waals surface area contributed by atoms with Gasteiger partial charge in [-0.25, -0.2) is 4.79 Å². The van der Waals surface area contributed by atoms with E-state index >= 15 is 0 Å². The van der Waals surface area contributed by atoms with E-state index in [-0.39, 0.29) is 12.8 Å². The zero-order valence-corrected chi connectivity index (χ0v) is 14.7. The average Bonchev–Trinajstić information content (AvgIpc) is 2.58. The van der Waals surface area contributed by atoms with Gasteiger partial charge >= 0.3 is 11.9 Å². The second kappa shape index (κ2) is 10.2. The van der Waals surface area contributed by atoms with E-state index in [1.165, 1.54) is 0 Å². The lowest BCUT2D eigenvalue weighted by atomic mass is 10.0. The molecule has 0 unspecified atom stereocenters. The van der Waals surface area contributed by atoms with Crippen LogP contribution in [0, 0.1) is 5.92 Å². The van der Waals surface area contributed by atoms with Gasteiger partial charge in [-0.3, -0.25) is 14.4 Å². The molecule has 8 nitrogen and oxygen atoms in total. The van der Waals surface area contributed by atoms with Crippen LogP contribution in [-0.2, 0) is 25.6 Å². The standard InChI is InChI=1S/C18H24N2O6/c1-11(2)16(20-14(21)10-12-6-4-3-5-7-12)17(24)19-13(18(25)26)8-9-15(22)23/h3-7,11,13,16H,8-10H2,1-2H3,(H,19,24)(H,20,21)(H,22,23)(H,25,26)/t13-,16-/m0/s1/i/hD. The molecule has 0 saturated heterocycles. The highest BCUT2D eigenvalue weighted by molar-refractivity contribution is 5.91. The first-order chi connectivity index (χ1) is 12.6. The number of benzene rings is 1. The summed E-state index contributed by atoms with van der Waals surface area (Å²) in [5.41, 5.74) is 0.688. The first-order valence-corrected chi connectivity index (χ1v) is 8.23. The molecule has 0 saturated carbocycles. The highest BCUT2D eigenvalue weighted by atomic mass is 16.4. The van der Waals surface area contributed by atoms with E-state index in [4.69, 9.17) is 11.6 Å². The minimum Gasteiger partial charge on any atom is -0.481 e. The van der Waals surface area contributed by atoms with E-state index < -0.39 is 48.2 Å². The molecule has 2 amide bonds. The molecule has 0 aromatic heterocycles. The molecule has 0 aliphatic heterocycles. The van der Waals surface area contributed by atoms with Crippen molar-refractivity contribution in [3.63, 3.8) is 0 Å². The lowest BCUT2D eigenvalue weighted by Crippen LogP contribution is -2.54. The molecule has 1 aromatic carbocycles. The number of hydrogen-bond donors (Lipinski definition) is 4. The van der Waals surface area contributed by atoms with E-state index in [0.717, 1.165) is 0 Å². The van der Waals surface area contributed by atoms with E-state index in [0.29, 0.717) is 10.9 Å². The second-order valence-electron chi connectivity index (χ2n) is 6.21. The van der Waals surface area contributed by atoms with Crippen molar-refractivity contribution < 1.29 is 30.8 Å². The number of aliphatic carboxylic acids is 2. The van der Waals surface area contributed by atoms with Gasteiger partial charge in [0.2, 0.25) is 11.8 Å². The van der Waals surface area contributed by atoms with Crippen LogP contribution in [0.2, 0.25) is 1.41 Å². The number of rotatable bonds is 10. The predicted molar refractivity (Wildman–Crippen MR) is 93.4 cm³/mol. The fraction of sp³-hybridized carbons (Fsp3) is 0.444. The molecule has 1 aromatic rings. The number of carbonyl (C=O) groups is 4. The molecular formula is C18H24N2O6. The zero-order valence-electron chi connectivity index (χ0n) is 15.7. The number of amides is 2. The Kier molecular flexibility index (Phi) is 7.60. The molecule has 26 heavy (non-hydrogen) atoms. The molecule has 0 radical (unpaired) electrons. The van der Waals surface area contributed by atoms with Crippen LogP contribution in [0.5, 0.6) is 0 Å². The van der Waals surface area contributed by atoms with Gasteiger partial charge in [0.15, 0.2) is 1.41 Å². The minimum absolute atomic E-state index is 0.0672. The summed E-state index contributed by atoms with van der Waals surface area (Å²) in [6.07, 6.45) is -0.791. The van der Waals surface area contributed by atoms with Crippen molar-refractivity contribution in [2.24, 2.45) is 5.92 Å². The number of carboxylic acids is 2. The van der Waals surface area contributed by atoms with Crippen molar-refractivity contribution in [3.05, 3.63) is 35.9 Å². The van der Waals surface area contributed by atoms with Crippen molar-refractivity contribution in [3.8, 4) is 0 Å². The summed E-state index contributed by atoms with van der Waals surface area (Å²) in [7, 11) is 0. The maximum atomic E-state index is 12.5. The maximum absolute atomic E-state index is 12.5. The lowest BCUT2D eigenvalue weighted by Gasteiger charge is -2.24. The van der Waals surface area contributed by atoms with E-state index in [2.05, 4.69) is 5.32 Å². The Morgan fingerprint density at radius 3 is 2.23 bits per heavy atom. The Balaban J connectivity index is 2.85. The molecule has 8 heteroatoms. The Bertz CT molecular complexity index is 680. The van der Waals surface area contributed by atoms with Crippen LogP contribution >= 0.6 is 0 Å². The summed E-state index contributed by atoms with van der Waals surface area (Å²) >= 11 is 0. The zero-order chi connectivity index (χ0) is 20.6. The van der Waals surface area contributed by atoms with E-state index in [1.54, 1.807) is 44.2 Å². The number of carbonyl (C=O) groups excluding carboxylic acids is 2. The number of carboxylic acid groups (broad SMARTS) is 2. The van der Waals surface area contributed by atoms with Crippen molar-refractivity contribution in [2.75, 3.05) is 0 Å². The third-order valence-electron chi connectivity index (χ3n) is 3.64. The quantitative estimate of drug-likeness (QED) is 0.485. The molecule has 1 rings (SSSR count). The summed E-state index contributed by atoms with van der Waals surface area (Å²) < 4.78 is 8.05. The Morgan fingerprint density at radius 2 is 1.73 bits per heavy atom. The number of hydrogen-bond acceptors (Lipinski definition) is 4. The minimum atomic E-state index is -1.41. The van der Waals surface area contributed by atoms with Crippen molar-refractivity contribution in [2.45, 2.75) is 45.2 Å². The Hall–Kier alpha value is -2.90. The van der Waals surface area contributed by atoms with Gasteiger partial charge in [0, 0.05) is 6.42 Å². The van der Waals surface area contributed by atoms with Crippen LogP contribution in [0.1, 0.15) is 32.3 Å². The molecule has 2 atom stereocenters. The van der Waals surface area contributed by atoms with E-state index in [9.17, 15) is 19.2 Å². The van der Waals surface area contributed by atoms with Gasteiger partial charge in [0.1, 0.15) is 12.1 Å². The summed E-state index contributed by atoms with van der Waals surface area (Å²) in [4.78, 5) is 46.8. The first-order valence-electron chi connectivity index (χ1n) is 8.68. The first kappa shape index (κ1) is 19.4. The molecular weight excluding hydrogens is 340 g/mol. The number of nitrogens with one attached hydrogen (secondary N) is 2. The monoisotopic (exact) mass is 365 g/mol. The molecule has 0 aliphatic rings. The third kappa shape index (κ3) is 7.33. The summed E-state index contributed by atoms with van der Waals surface area (Å²) in [5, 5.41) is 20.6.